The van der Waals surface area contributed by atoms with Gasteiger partial charge in [-0.15, -0.1) is 0 Å². The van der Waals surface area contributed by atoms with Gasteiger partial charge in [0.15, 0.2) is 6.61 Å². The van der Waals surface area contributed by atoms with Gasteiger partial charge in [-0.05, 0) is 50.2 Å². The predicted octanol–water partition coefficient (Wildman–Crippen LogP) is 2.87. The first-order valence-electron chi connectivity index (χ1n) is 8.36. The first-order chi connectivity index (χ1) is 11.7. The van der Waals surface area contributed by atoms with Gasteiger partial charge in [-0.1, -0.05) is 18.5 Å². The molecule has 1 amide bonds. The Labute approximate surface area is 146 Å². The number of nitrogens with one attached hydrogen (secondary N) is 1. The lowest BCUT2D eigenvalue weighted by atomic mass is 10.2. The standard InChI is InChI=1S/C18H22ClN3O2/c1-2-22-10-4-5-13(22)11-21-17(23)12-24-16-8-7-15(19)14-6-3-9-20-18(14)16/h3,6-9,13H,2,4-5,10-12H2,1H3,(H,21,23)/t13-/m1/s1. The van der Waals surface area contributed by atoms with Crippen LogP contribution in [0.15, 0.2) is 30.5 Å². The summed E-state index contributed by atoms with van der Waals surface area (Å²) in [6, 6.07) is 7.66. The van der Waals surface area contributed by atoms with E-state index in [0.29, 0.717) is 28.9 Å². The van der Waals surface area contributed by atoms with E-state index in [1.807, 2.05) is 12.1 Å². The van der Waals surface area contributed by atoms with Crippen LogP contribution in [0.2, 0.25) is 5.02 Å². The van der Waals surface area contributed by atoms with E-state index >= 15 is 0 Å². The molecule has 24 heavy (non-hydrogen) atoms. The molecule has 5 nitrogen and oxygen atoms in total. The third-order valence-electron chi connectivity index (χ3n) is 4.48. The largest absolute Gasteiger partial charge is 0.481 e. The number of benzene rings is 1. The molecule has 2 aromatic rings. The lowest BCUT2D eigenvalue weighted by Crippen LogP contribution is -2.41. The number of nitrogens with zero attached hydrogens (tertiary/aromatic N) is 2. The molecule has 1 aliphatic rings. The maximum Gasteiger partial charge on any atom is 0.257 e. The number of carbonyl (C=O) groups is 1. The highest BCUT2D eigenvalue weighted by Crippen LogP contribution is 2.29. The summed E-state index contributed by atoms with van der Waals surface area (Å²) in [7, 11) is 0. The molecule has 1 saturated heterocycles. The lowest BCUT2D eigenvalue weighted by molar-refractivity contribution is -0.123. The van der Waals surface area contributed by atoms with Crippen LogP contribution in [0.3, 0.4) is 0 Å². The molecule has 1 fully saturated rings. The van der Waals surface area contributed by atoms with Crippen molar-refractivity contribution in [2.24, 2.45) is 0 Å². The number of pyridine rings is 1. The molecule has 0 unspecified atom stereocenters. The highest BCUT2D eigenvalue weighted by atomic mass is 35.5. The number of aromatic nitrogens is 1. The van der Waals surface area contributed by atoms with E-state index in [4.69, 9.17) is 16.3 Å². The second kappa shape index (κ2) is 7.81. The van der Waals surface area contributed by atoms with Crippen LogP contribution in [0.5, 0.6) is 5.75 Å². The minimum Gasteiger partial charge on any atom is -0.481 e. The molecule has 128 valence electrons. The number of likely N-dealkylation sites (tertiary alicyclic amines) is 1. The average molecular weight is 348 g/mol. The van der Waals surface area contributed by atoms with Crippen LogP contribution in [-0.2, 0) is 4.79 Å². The number of ether oxygens (including phenoxy) is 1. The quantitative estimate of drug-likeness (QED) is 0.873. The zero-order valence-electron chi connectivity index (χ0n) is 13.8. The molecular formula is C18H22ClN3O2. The second-order valence-electron chi connectivity index (χ2n) is 5.96. The summed E-state index contributed by atoms with van der Waals surface area (Å²) in [5, 5.41) is 4.41. The number of halogens is 1. The van der Waals surface area contributed by atoms with Gasteiger partial charge in [0.25, 0.3) is 5.91 Å². The van der Waals surface area contributed by atoms with Crippen LogP contribution in [0.1, 0.15) is 19.8 Å². The number of amides is 1. The molecule has 1 aliphatic heterocycles. The third kappa shape index (κ3) is 3.79. The van der Waals surface area contributed by atoms with E-state index in [-0.39, 0.29) is 12.5 Å². The SMILES string of the molecule is CCN1CCC[C@@H]1CNC(=O)COc1ccc(Cl)c2cccnc12. The first-order valence-corrected chi connectivity index (χ1v) is 8.73. The van der Waals surface area contributed by atoms with Gasteiger partial charge in [0.2, 0.25) is 0 Å². The molecule has 1 atom stereocenters. The van der Waals surface area contributed by atoms with E-state index < -0.39 is 0 Å². The summed E-state index contributed by atoms with van der Waals surface area (Å²) in [5.41, 5.74) is 0.672. The zero-order valence-corrected chi connectivity index (χ0v) is 14.6. The molecule has 3 rings (SSSR count). The Morgan fingerprint density at radius 2 is 2.33 bits per heavy atom. The van der Waals surface area contributed by atoms with Gasteiger partial charge in [0.05, 0.1) is 5.02 Å². The van der Waals surface area contributed by atoms with Crippen LogP contribution in [0, 0.1) is 0 Å². The van der Waals surface area contributed by atoms with Gasteiger partial charge in [0, 0.05) is 24.2 Å². The molecule has 0 radical (unpaired) electrons. The zero-order chi connectivity index (χ0) is 16.9. The Morgan fingerprint density at radius 1 is 1.46 bits per heavy atom. The van der Waals surface area contributed by atoms with E-state index in [1.54, 1.807) is 18.3 Å². The van der Waals surface area contributed by atoms with Crippen molar-refractivity contribution in [1.29, 1.82) is 0 Å². The summed E-state index contributed by atoms with van der Waals surface area (Å²) in [6.07, 6.45) is 4.03. The van der Waals surface area contributed by atoms with Crippen molar-refractivity contribution in [2.75, 3.05) is 26.2 Å². The van der Waals surface area contributed by atoms with E-state index in [1.165, 1.54) is 6.42 Å². The summed E-state index contributed by atoms with van der Waals surface area (Å²) >= 11 is 6.16. The Bertz CT molecular complexity index is 722. The fourth-order valence-electron chi connectivity index (χ4n) is 3.20. The van der Waals surface area contributed by atoms with Gasteiger partial charge >= 0.3 is 0 Å². The van der Waals surface area contributed by atoms with Gasteiger partial charge in [0.1, 0.15) is 11.3 Å². The van der Waals surface area contributed by atoms with Crippen molar-refractivity contribution in [1.82, 2.24) is 15.2 Å². The smallest absolute Gasteiger partial charge is 0.257 e. The van der Waals surface area contributed by atoms with Gasteiger partial charge in [-0.3, -0.25) is 14.7 Å². The van der Waals surface area contributed by atoms with E-state index in [0.717, 1.165) is 24.9 Å². The maximum atomic E-state index is 12.1. The molecule has 2 heterocycles. The fraction of sp³-hybridized carbons (Fsp3) is 0.444. The predicted molar refractivity (Wildman–Crippen MR) is 95.5 cm³/mol. The van der Waals surface area contributed by atoms with Crippen molar-refractivity contribution in [2.45, 2.75) is 25.8 Å². The summed E-state index contributed by atoms with van der Waals surface area (Å²) < 4.78 is 5.66. The normalized spacial score (nSPS) is 18.0. The van der Waals surface area contributed by atoms with E-state index in [9.17, 15) is 4.79 Å². The molecule has 1 aromatic carbocycles. The number of hydrogen-bond acceptors (Lipinski definition) is 4. The Balaban J connectivity index is 1.56. The molecular weight excluding hydrogens is 326 g/mol. The average Bonchev–Trinajstić information content (AvgIpc) is 3.07. The lowest BCUT2D eigenvalue weighted by Gasteiger charge is -2.22. The van der Waals surface area contributed by atoms with Crippen LogP contribution in [0.4, 0.5) is 0 Å². The Hall–Kier alpha value is -1.85. The number of hydrogen-bond donors (Lipinski definition) is 1. The van der Waals surface area contributed by atoms with Crippen molar-refractivity contribution >= 4 is 28.4 Å². The number of rotatable bonds is 6. The van der Waals surface area contributed by atoms with Crippen LogP contribution in [0.25, 0.3) is 10.9 Å². The van der Waals surface area contributed by atoms with Crippen LogP contribution < -0.4 is 10.1 Å². The monoisotopic (exact) mass is 347 g/mol. The minimum atomic E-state index is -0.114. The molecule has 0 spiro atoms. The summed E-state index contributed by atoms with van der Waals surface area (Å²) in [4.78, 5) is 18.8. The molecule has 0 saturated carbocycles. The molecule has 0 aliphatic carbocycles. The topological polar surface area (TPSA) is 54.5 Å². The third-order valence-corrected chi connectivity index (χ3v) is 4.81. The molecule has 0 bridgehead atoms. The summed E-state index contributed by atoms with van der Waals surface area (Å²) in [6.45, 7) is 4.96. The fourth-order valence-corrected chi connectivity index (χ4v) is 3.41. The molecule has 6 heteroatoms. The first kappa shape index (κ1) is 17.0. The highest BCUT2D eigenvalue weighted by Gasteiger charge is 2.23. The van der Waals surface area contributed by atoms with Crippen molar-refractivity contribution in [3.8, 4) is 5.75 Å². The van der Waals surface area contributed by atoms with Crippen molar-refractivity contribution in [3.05, 3.63) is 35.5 Å². The summed E-state index contributed by atoms with van der Waals surface area (Å²) in [5.74, 6) is 0.457. The number of fused-ring (bicyclic) bond motifs is 1. The van der Waals surface area contributed by atoms with Crippen LogP contribution >= 0.6 is 11.6 Å². The van der Waals surface area contributed by atoms with Crippen molar-refractivity contribution in [3.63, 3.8) is 0 Å². The second-order valence-corrected chi connectivity index (χ2v) is 6.37. The Morgan fingerprint density at radius 3 is 3.17 bits per heavy atom. The Kier molecular flexibility index (Phi) is 5.53. The van der Waals surface area contributed by atoms with E-state index in [2.05, 4.69) is 22.1 Å². The number of carbonyl (C=O) groups excluding carboxylic acids is 1. The minimum absolute atomic E-state index is 0.0217. The van der Waals surface area contributed by atoms with Crippen LogP contribution in [-0.4, -0.2) is 48.1 Å². The van der Waals surface area contributed by atoms with Crippen molar-refractivity contribution < 1.29 is 9.53 Å². The van der Waals surface area contributed by atoms with Gasteiger partial charge < -0.3 is 10.1 Å². The molecule has 1 aromatic heterocycles. The maximum absolute atomic E-state index is 12.1. The number of likely N-dealkylation sites (N-methyl/N-ethyl adjacent to an activating group) is 1. The molecule has 1 N–H and O–H groups in total. The van der Waals surface area contributed by atoms with Gasteiger partial charge in [-0.25, -0.2) is 0 Å². The highest BCUT2D eigenvalue weighted by molar-refractivity contribution is 6.35. The van der Waals surface area contributed by atoms with Gasteiger partial charge in [-0.2, -0.15) is 0 Å².